The Bertz CT molecular complexity index is 487. The first-order chi connectivity index (χ1) is 7.34. The van der Waals surface area contributed by atoms with Crippen molar-refractivity contribution in [3.8, 4) is 5.75 Å². The number of aryl methyl sites for hydroxylation is 1. The molecule has 0 amide bonds. The molecule has 0 saturated carbocycles. The zero-order valence-electron chi connectivity index (χ0n) is 8.62. The third kappa shape index (κ3) is 1.52. The molecule has 1 aromatic carbocycles. The van der Waals surface area contributed by atoms with Gasteiger partial charge in [0.2, 0.25) is 0 Å². The maximum Gasteiger partial charge on any atom is 0.137 e. The Balaban J connectivity index is 2.01. The van der Waals surface area contributed by atoms with Crippen molar-refractivity contribution < 1.29 is 4.74 Å². The minimum atomic E-state index is 0.359. The number of nitrogens with one attached hydrogen (secondary N) is 1. The fraction of sp³-hybridized carbons (Fsp3) is 0.333. The number of fused-ring (bicyclic) bond motifs is 1. The molecule has 0 spiro atoms. The summed E-state index contributed by atoms with van der Waals surface area (Å²) in [6.45, 7) is 4.09. The van der Waals surface area contributed by atoms with Crippen molar-refractivity contribution >= 4 is 21.4 Å². The summed E-state index contributed by atoms with van der Waals surface area (Å²) in [5.41, 5.74) is 1.34. The molecule has 1 aromatic heterocycles. The van der Waals surface area contributed by atoms with Crippen LogP contribution in [0.3, 0.4) is 0 Å². The minimum Gasteiger partial charge on any atom is -0.486 e. The topological polar surface area (TPSA) is 21.3 Å². The van der Waals surface area contributed by atoms with Crippen LogP contribution in [0.25, 0.3) is 10.1 Å². The summed E-state index contributed by atoms with van der Waals surface area (Å²) < 4.78 is 7.20. The first-order valence-electron chi connectivity index (χ1n) is 5.19. The predicted octanol–water partition coefficient (Wildman–Crippen LogP) is 2.56. The van der Waals surface area contributed by atoms with Gasteiger partial charge in [0, 0.05) is 13.1 Å². The lowest BCUT2D eigenvalue weighted by Gasteiger charge is -2.28. The van der Waals surface area contributed by atoms with Gasteiger partial charge >= 0.3 is 0 Å². The molecule has 1 aliphatic rings. The van der Waals surface area contributed by atoms with E-state index in [4.69, 9.17) is 4.74 Å². The quantitative estimate of drug-likeness (QED) is 0.838. The van der Waals surface area contributed by atoms with Gasteiger partial charge in [-0.3, -0.25) is 0 Å². The van der Waals surface area contributed by atoms with Gasteiger partial charge in [-0.05, 0) is 29.3 Å². The van der Waals surface area contributed by atoms with Crippen LogP contribution in [-0.2, 0) is 0 Å². The first-order valence-corrected chi connectivity index (χ1v) is 6.07. The summed E-state index contributed by atoms with van der Waals surface area (Å²) in [6, 6.07) is 6.30. The molecule has 1 saturated heterocycles. The average molecular weight is 219 g/mol. The molecule has 0 atom stereocenters. The molecule has 3 rings (SSSR count). The van der Waals surface area contributed by atoms with Crippen LogP contribution < -0.4 is 10.1 Å². The van der Waals surface area contributed by atoms with Gasteiger partial charge in [0.1, 0.15) is 11.9 Å². The van der Waals surface area contributed by atoms with Gasteiger partial charge in [-0.25, -0.2) is 0 Å². The van der Waals surface area contributed by atoms with E-state index in [1.165, 1.54) is 15.6 Å². The summed E-state index contributed by atoms with van der Waals surface area (Å²) in [7, 11) is 0. The number of thiophene rings is 1. The highest BCUT2D eigenvalue weighted by Crippen LogP contribution is 2.34. The summed E-state index contributed by atoms with van der Waals surface area (Å²) >= 11 is 1.77. The summed E-state index contributed by atoms with van der Waals surface area (Å²) in [4.78, 5) is 0. The SMILES string of the molecule is Cc1csc2c(OC3CNC3)cccc12. The highest BCUT2D eigenvalue weighted by Gasteiger charge is 2.19. The summed E-state index contributed by atoms with van der Waals surface area (Å²) in [5.74, 6) is 1.04. The van der Waals surface area contributed by atoms with E-state index in [9.17, 15) is 0 Å². The van der Waals surface area contributed by atoms with Crippen molar-refractivity contribution in [3.63, 3.8) is 0 Å². The van der Waals surface area contributed by atoms with Gasteiger partial charge < -0.3 is 10.1 Å². The number of rotatable bonds is 2. The molecule has 0 aliphatic carbocycles. The fourth-order valence-corrected chi connectivity index (χ4v) is 2.79. The Hall–Kier alpha value is -1.06. The molecule has 2 heterocycles. The van der Waals surface area contributed by atoms with Crippen molar-refractivity contribution in [1.29, 1.82) is 0 Å². The van der Waals surface area contributed by atoms with Gasteiger partial charge in [0.15, 0.2) is 0 Å². The standard InChI is InChI=1S/C12H13NOS/c1-8-7-15-12-10(8)3-2-4-11(12)14-9-5-13-6-9/h2-4,7,9,13H,5-6H2,1H3. The van der Waals surface area contributed by atoms with E-state index in [2.05, 4.69) is 35.8 Å². The Morgan fingerprint density at radius 3 is 3.00 bits per heavy atom. The van der Waals surface area contributed by atoms with Crippen molar-refractivity contribution in [2.24, 2.45) is 0 Å². The van der Waals surface area contributed by atoms with E-state index in [1.807, 2.05) is 0 Å². The molecule has 3 heteroatoms. The van der Waals surface area contributed by atoms with E-state index < -0.39 is 0 Å². The molecule has 78 valence electrons. The maximum absolute atomic E-state index is 5.92. The second-order valence-electron chi connectivity index (χ2n) is 3.95. The zero-order chi connectivity index (χ0) is 10.3. The molecular weight excluding hydrogens is 206 g/mol. The second-order valence-corrected chi connectivity index (χ2v) is 4.83. The van der Waals surface area contributed by atoms with Crippen LogP contribution in [0.1, 0.15) is 5.56 Å². The Morgan fingerprint density at radius 1 is 1.40 bits per heavy atom. The summed E-state index contributed by atoms with van der Waals surface area (Å²) in [6.07, 6.45) is 0.359. The molecule has 1 fully saturated rings. The van der Waals surface area contributed by atoms with Gasteiger partial charge in [-0.1, -0.05) is 12.1 Å². The second kappa shape index (κ2) is 3.51. The van der Waals surface area contributed by atoms with Crippen LogP contribution in [0.4, 0.5) is 0 Å². The lowest BCUT2D eigenvalue weighted by Crippen LogP contribution is -2.50. The number of ether oxygens (including phenoxy) is 1. The van der Waals surface area contributed by atoms with Crippen LogP contribution in [0.2, 0.25) is 0 Å². The molecule has 0 bridgehead atoms. The molecule has 0 radical (unpaired) electrons. The van der Waals surface area contributed by atoms with Crippen molar-refractivity contribution in [2.45, 2.75) is 13.0 Å². The Morgan fingerprint density at radius 2 is 2.27 bits per heavy atom. The third-order valence-electron chi connectivity index (χ3n) is 2.79. The van der Waals surface area contributed by atoms with Crippen LogP contribution in [0.15, 0.2) is 23.6 Å². The molecule has 15 heavy (non-hydrogen) atoms. The monoisotopic (exact) mass is 219 g/mol. The van der Waals surface area contributed by atoms with Crippen molar-refractivity contribution in [1.82, 2.24) is 5.32 Å². The van der Waals surface area contributed by atoms with Gasteiger partial charge in [0.05, 0.1) is 4.70 Å². The van der Waals surface area contributed by atoms with Crippen LogP contribution in [0, 0.1) is 6.92 Å². The number of benzene rings is 1. The van der Waals surface area contributed by atoms with Crippen LogP contribution in [-0.4, -0.2) is 19.2 Å². The zero-order valence-corrected chi connectivity index (χ0v) is 9.43. The average Bonchev–Trinajstić information content (AvgIpc) is 2.55. The molecular formula is C12H13NOS. The normalized spacial score (nSPS) is 16.6. The van der Waals surface area contributed by atoms with Gasteiger partial charge in [0.25, 0.3) is 0 Å². The number of hydrogen-bond donors (Lipinski definition) is 1. The van der Waals surface area contributed by atoms with Crippen molar-refractivity contribution in [3.05, 3.63) is 29.1 Å². The lowest BCUT2D eigenvalue weighted by atomic mass is 10.2. The Labute approximate surface area is 92.9 Å². The summed E-state index contributed by atoms with van der Waals surface area (Å²) in [5, 5.41) is 6.73. The van der Waals surface area contributed by atoms with E-state index in [-0.39, 0.29) is 0 Å². The molecule has 1 N–H and O–H groups in total. The first kappa shape index (κ1) is 9.19. The van der Waals surface area contributed by atoms with Crippen LogP contribution >= 0.6 is 11.3 Å². The lowest BCUT2D eigenvalue weighted by molar-refractivity contribution is 0.144. The van der Waals surface area contributed by atoms with E-state index in [0.717, 1.165) is 18.8 Å². The Kier molecular flexibility index (Phi) is 2.15. The van der Waals surface area contributed by atoms with E-state index >= 15 is 0 Å². The number of hydrogen-bond acceptors (Lipinski definition) is 3. The van der Waals surface area contributed by atoms with Crippen molar-refractivity contribution in [2.75, 3.05) is 13.1 Å². The highest BCUT2D eigenvalue weighted by molar-refractivity contribution is 7.17. The smallest absolute Gasteiger partial charge is 0.137 e. The highest BCUT2D eigenvalue weighted by atomic mass is 32.1. The molecule has 2 nitrogen and oxygen atoms in total. The maximum atomic E-state index is 5.92. The molecule has 2 aromatic rings. The third-order valence-corrected chi connectivity index (χ3v) is 3.92. The van der Waals surface area contributed by atoms with E-state index in [1.54, 1.807) is 11.3 Å². The molecule has 1 aliphatic heterocycles. The van der Waals surface area contributed by atoms with E-state index in [0.29, 0.717) is 6.10 Å². The molecule has 0 unspecified atom stereocenters. The fourth-order valence-electron chi connectivity index (χ4n) is 1.78. The van der Waals surface area contributed by atoms with Gasteiger partial charge in [-0.15, -0.1) is 11.3 Å². The largest absolute Gasteiger partial charge is 0.486 e. The minimum absolute atomic E-state index is 0.359. The van der Waals surface area contributed by atoms with Gasteiger partial charge in [-0.2, -0.15) is 0 Å². The van der Waals surface area contributed by atoms with Crippen LogP contribution in [0.5, 0.6) is 5.75 Å². The predicted molar refractivity (Wildman–Crippen MR) is 63.8 cm³/mol.